The molecule has 25 heavy (non-hydrogen) atoms. The van der Waals surface area contributed by atoms with E-state index >= 15 is 0 Å². The lowest BCUT2D eigenvalue weighted by atomic mass is 9.56. The predicted molar refractivity (Wildman–Crippen MR) is 90.5 cm³/mol. The van der Waals surface area contributed by atoms with Crippen LogP contribution in [0.5, 0.6) is 0 Å². The second-order valence-electron chi connectivity index (χ2n) is 7.18. The summed E-state index contributed by atoms with van der Waals surface area (Å²) in [5.41, 5.74) is 2.96. The molecule has 2 bridgehead atoms. The van der Waals surface area contributed by atoms with Crippen molar-refractivity contribution < 1.29 is 14.4 Å². The molecule has 3 aliphatic carbocycles. The number of benzene rings is 2. The minimum atomic E-state index is -0.516. The molecule has 2 aromatic carbocycles. The van der Waals surface area contributed by atoms with Gasteiger partial charge in [0, 0.05) is 12.3 Å². The van der Waals surface area contributed by atoms with Gasteiger partial charge in [-0.15, -0.1) is 0 Å². The van der Waals surface area contributed by atoms with E-state index in [1.807, 2.05) is 54.6 Å². The predicted octanol–water partition coefficient (Wildman–Crippen LogP) is 2.64. The van der Waals surface area contributed by atoms with Crippen LogP contribution in [0.25, 0.3) is 0 Å². The third kappa shape index (κ3) is 1.91. The highest BCUT2D eigenvalue weighted by Gasteiger charge is 2.62. The van der Waals surface area contributed by atoms with E-state index in [-0.39, 0.29) is 36.0 Å². The normalized spacial score (nSPS) is 29.8. The minimum absolute atomic E-state index is 0.104. The van der Waals surface area contributed by atoms with Gasteiger partial charge in [0.1, 0.15) is 5.78 Å². The summed E-state index contributed by atoms with van der Waals surface area (Å²) in [6.45, 7) is 0.287. The summed E-state index contributed by atoms with van der Waals surface area (Å²) in [5, 5.41) is 0. The first-order chi connectivity index (χ1) is 12.2. The van der Waals surface area contributed by atoms with Crippen LogP contribution in [0, 0.1) is 11.8 Å². The number of likely N-dealkylation sites (tertiary alicyclic amines) is 1. The summed E-state index contributed by atoms with van der Waals surface area (Å²) in [6.07, 6.45) is 0.376. The van der Waals surface area contributed by atoms with Gasteiger partial charge in [-0.2, -0.15) is 0 Å². The average Bonchev–Trinajstić information content (AvgIpc) is 2.89. The summed E-state index contributed by atoms with van der Waals surface area (Å²) in [5.74, 6) is -1.70. The van der Waals surface area contributed by atoms with Gasteiger partial charge in [0.05, 0.1) is 24.3 Å². The fourth-order valence-electron chi connectivity index (χ4n) is 4.94. The topological polar surface area (TPSA) is 54.5 Å². The monoisotopic (exact) mass is 331 g/mol. The number of ketones is 1. The number of hydrogen-bond acceptors (Lipinski definition) is 3. The summed E-state index contributed by atoms with van der Waals surface area (Å²) >= 11 is 0. The average molecular weight is 331 g/mol. The molecule has 1 heterocycles. The number of rotatable bonds is 2. The third-order valence-corrected chi connectivity index (χ3v) is 5.96. The Bertz CT molecular complexity index is 904. The smallest absolute Gasteiger partial charge is 0.234 e. The fraction of sp³-hybridized carbons (Fsp3) is 0.286. The maximum Gasteiger partial charge on any atom is 0.234 e. The van der Waals surface area contributed by atoms with E-state index in [9.17, 15) is 14.4 Å². The summed E-state index contributed by atoms with van der Waals surface area (Å²) in [7, 11) is 0. The van der Waals surface area contributed by atoms with Crippen LogP contribution in [0.2, 0.25) is 0 Å². The maximum atomic E-state index is 13.1. The van der Waals surface area contributed by atoms with Crippen molar-refractivity contribution in [3.8, 4) is 0 Å². The van der Waals surface area contributed by atoms with Gasteiger partial charge in [-0.25, -0.2) is 0 Å². The van der Waals surface area contributed by atoms with Crippen molar-refractivity contribution in [1.82, 2.24) is 4.90 Å². The van der Waals surface area contributed by atoms with Crippen LogP contribution in [-0.2, 0) is 20.9 Å². The molecule has 0 N–H and O–H groups in total. The molecular formula is C21H17NO3. The summed E-state index contributed by atoms with van der Waals surface area (Å²) in [4.78, 5) is 40.1. The molecule has 4 heteroatoms. The highest BCUT2D eigenvalue weighted by Crippen LogP contribution is 2.57. The van der Waals surface area contributed by atoms with E-state index in [0.717, 1.165) is 16.7 Å². The molecule has 0 spiro atoms. The standard InChI is InChI=1S/C21H17NO3/c23-16-10-15-13-8-4-5-9-14(13)17(16)19-18(15)20(24)22(21(19)25)11-12-6-2-1-3-7-12/h1-9,15,17-19H,10-11H2/t15-,17+,18-,19+/m1/s1. The molecule has 2 aromatic rings. The molecular weight excluding hydrogens is 314 g/mol. The van der Waals surface area contributed by atoms with Crippen molar-refractivity contribution >= 4 is 17.6 Å². The lowest BCUT2D eigenvalue weighted by Crippen LogP contribution is -2.44. The van der Waals surface area contributed by atoms with E-state index in [2.05, 4.69) is 0 Å². The van der Waals surface area contributed by atoms with Gasteiger partial charge < -0.3 is 0 Å². The van der Waals surface area contributed by atoms with Crippen molar-refractivity contribution in [3.63, 3.8) is 0 Å². The zero-order chi connectivity index (χ0) is 17.1. The molecule has 2 fully saturated rings. The van der Waals surface area contributed by atoms with Gasteiger partial charge in [-0.1, -0.05) is 54.6 Å². The lowest BCUT2D eigenvalue weighted by molar-refractivity contribution is -0.141. The van der Waals surface area contributed by atoms with Crippen LogP contribution in [0.15, 0.2) is 54.6 Å². The Balaban J connectivity index is 1.57. The van der Waals surface area contributed by atoms with Crippen molar-refractivity contribution in [1.29, 1.82) is 0 Å². The Kier molecular flexibility index (Phi) is 2.99. The zero-order valence-electron chi connectivity index (χ0n) is 13.6. The van der Waals surface area contributed by atoms with E-state index < -0.39 is 11.8 Å². The minimum Gasteiger partial charge on any atom is -0.299 e. The molecule has 6 rings (SSSR count). The van der Waals surface area contributed by atoms with Gasteiger partial charge in [-0.05, 0) is 16.7 Å². The molecule has 2 amide bonds. The SMILES string of the molecule is O=C1C[C@@H]2c3ccccc3[C@@H]1[C@@H]1C(=O)N(Cc3ccccc3)C(=O)[C@@H]12. The Morgan fingerprint density at radius 2 is 1.44 bits per heavy atom. The number of imide groups is 1. The quantitative estimate of drug-likeness (QED) is 0.795. The van der Waals surface area contributed by atoms with Crippen LogP contribution >= 0.6 is 0 Å². The van der Waals surface area contributed by atoms with Crippen molar-refractivity contribution in [2.45, 2.75) is 24.8 Å². The Morgan fingerprint density at radius 1 is 0.800 bits per heavy atom. The first-order valence-electron chi connectivity index (χ1n) is 8.67. The first-order valence-corrected chi connectivity index (χ1v) is 8.67. The first kappa shape index (κ1) is 14.6. The maximum absolute atomic E-state index is 13.1. The highest BCUT2D eigenvalue weighted by atomic mass is 16.2. The molecule has 4 atom stereocenters. The molecule has 1 saturated carbocycles. The van der Waals surface area contributed by atoms with Crippen molar-refractivity contribution in [2.24, 2.45) is 11.8 Å². The molecule has 0 radical (unpaired) electrons. The summed E-state index contributed by atoms with van der Waals surface area (Å²) in [6, 6.07) is 17.3. The molecule has 0 aromatic heterocycles. The van der Waals surface area contributed by atoms with Gasteiger partial charge >= 0.3 is 0 Å². The molecule has 4 aliphatic rings. The number of carbonyl (C=O) groups is 3. The van der Waals surface area contributed by atoms with Crippen LogP contribution in [0.4, 0.5) is 0 Å². The number of carbonyl (C=O) groups excluding carboxylic acids is 3. The van der Waals surface area contributed by atoms with Crippen LogP contribution in [0.3, 0.4) is 0 Å². The van der Waals surface area contributed by atoms with E-state index in [0.29, 0.717) is 6.42 Å². The number of Topliss-reactive ketones (excluding diaryl/α,β-unsaturated/α-hetero) is 1. The highest BCUT2D eigenvalue weighted by molar-refractivity contribution is 6.11. The molecule has 124 valence electrons. The van der Waals surface area contributed by atoms with E-state index in [1.54, 1.807) is 0 Å². The second-order valence-corrected chi connectivity index (χ2v) is 7.18. The molecule has 1 saturated heterocycles. The molecule has 4 nitrogen and oxygen atoms in total. The number of amides is 2. The Hall–Kier alpha value is -2.75. The molecule has 1 aliphatic heterocycles. The molecule has 0 unspecified atom stereocenters. The number of hydrogen-bond donors (Lipinski definition) is 0. The van der Waals surface area contributed by atoms with Gasteiger partial charge in [0.15, 0.2) is 0 Å². The lowest BCUT2D eigenvalue weighted by Gasteiger charge is -2.43. The third-order valence-electron chi connectivity index (χ3n) is 5.96. The van der Waals surface area contributed by atoms with Gasteiger partial charge in [0.2, 0.25) is 11.8 Å². The Morgan fingerprint density at radius 3 is 2.20 bits per heavy atom. The summed E-state index contributed by atoms with van der Waals surface area (Å²) < 4.78 is 0. The number of nitrogens with zero attached hydrogens (tertiary/aromatic N) is 1. The van der Waals surface area contributed by atoms with Gasteiger partial charge in [-0.3, -0.25) is 19.3 Å². The van der Waals surface area contributed by atoms with Gasteiger partial charge in [0.25, 0.3) is 0 Å². The van der Waals surface area contributed by atoms with Crippen molar-refractivity contribution in [3.05, 3.63) is 71.3 Å². The Labute approximate surface area is 145 Å². The number of fused-ring (bicyclic) bond motifs is 1. The second kappa shape index (κ2) is 5.12. The van der Waals surface area contributed by atoms with E-state index in [1.165, 1.54) is 4.90 Å². The van der Waals surface area contributed by atoms with Crippen molar-refractivity contribution in [2.75, 3.05) is 0 Å². The fourth-order valence-corrected chi connectivity index (χ4v) is 4.94. The van der Waals surface area contributed by atoms with Crippen LogP contribution in [-0.4, -0.2) is 22.5 Å². The van der Waals surface area contributed by atoms with E-state index in [4.69, 9.17) is 0 Å². The van der Waals surface area contributed by atoms with Crippen LogP contribution in [0.1, 0.15) is 34.9 Å². The largest absolute Gasteiger partial charge is 0.299 e. The van der Waals surface area contributed by atoms with Crippen LogP contribution < -0.4 is 0 Å². The zero-order valence-corrected chi connectivity index (χ0v) is 13.6.